The molecule has 2 unspecified atom stereocenters. The average Bonchev–Trinajstić information content (AvgIpc) is 3.48. The molecular formula is C32H37N5O3. The molecule has 208 valence electrons. The van der Waals surface area contributed by atoms with Gasteiger partial charge < -0.3 is 20.7 Å². The first kappa shape index (κ1) is 27.7. The van der Waals surface area contributed by atoms with Crippen molar-refractivity contribution in [2.45, 2.75) is 56.5 Å². The molecule has 1 spiro atoms. The zero-order valence-electron chi connectivity index (χ0n) is 23.4. The minimum atomic E-state index is -0.640. The number of rotatable bonds is 11. The van der Waals surface area contributed by atoms with Crippen molar-refractivity contribution in [2.24, 2.45) is 0 Å². The summed E-state index contributed by atoms with van der Waals surface area (Å²) < 4.78 is 0. The van der Waals surface area contributed by atoms with E-state index >= 15 is 0 Å². The predicted molar refractivity (Wildman–Crippen MR) is 156 cm³/mol. The van der Waals surface area contributed by atoms with Crippen LogP contribution in [0.4, 0.5) is 11.5 Å². The monoisotopic (exact) mass is 539 g/mol. The minimum absolute atomic E-state index is 0.0186. The summed E-state index contributed by atoms with van der Waals surface area (Å²) in [6.45, 7) is 4.73. The fraction of sp³-hybridized carbons (Fsp3) is 0.375. The minimum Gasteiger partial charge on any atom is -0.325 e. The third-order valence-corrected chi connectivity index (χ3v) is 8.71. The van der Waals surface area contributed by atoms with Crippen molar-refractivity contribution in [3.8, 4) is 0 Å². The Kier molecular flexibility index (Phi) is 7.83. The lowest BCUT2D eigenvalue weighted by atomic mass is 9.79. The number of aromatic nitrogens is 1. The number of nitrogens with zero attached hydrogens (tertiary/aromatic N) is 2. The average molecular weight is 540 g/mol. The molecule has 2 atom stereocenters. The lowest BCUT2D eigenvalue weighted by molar-refractivity contribution is -0.120. The summed E-state index contributed by atoms with van der Waals surface area (Å²) in [6.07, 6.45) is 5.28. The molecule has 0 bridgehead atoms. The molecule has 0 saturated carbocycles. The molecule has 0 radical (unpaired) electrons. The Morgan fingerprint density at radius 3 is 2.58 bits per heavy atom. The van der Waals surface area contributed by atoms with E-state index < -0.39 is 11.0 Å². The molecule has 0 fully saturated rings. The van der Waals surface area contributed by atoms with Gasteiger partial charge in [-0.3, -0.25) is 14.5 Å². The second kappa shape index (κ2) is 11.3. The van der Waals surface area contributed by atoms with Gasteiger partial charge in [0, 0.05) is 30.0 Å². The molecule has 8 nitrogen and oxygen atoms in total. The van der Waals surface area contributed by atoms with Gasteiger partial charge in [-0.2, -0.15) is 0 Å². The highest BCUT2D eigenvalue weighted by atomic mass is 16.2. The number of fused-ring (bicyclic) bond motifs is 3. The maximum atomic E-state index is 13.2. The number of carbonyl (C=O) groups excluding carboxylic acids is 3. The van der Waals surface area contributed by atoms with Gasteiger partial charge in [0.1, 0.15) is 12.1 Å². The Labute approximate surface area is 235 Å². The molecule has 0 saturated heterocycles. The maximum absolute atomic E-state index is 13.2. The normalized spacial score (nSPS) is 18.4. The quantitative estimate of drug-likeness (QED) is 0.318. The molecule has 1 aliphatic heterocycles. The van der Waals surface area contributed by atoms with Gasteiger partial charge in [0.25, 0.3) is 0 Å². The van der Waals surface area contributed by atoms with Crippen molar-refractivity contribution < 1.29 is 14.4 Å². The van der Waals surface area contributed by atoms with Gasteiger partial charge in [-0.25, -0.2) is 4.98 Å². The van der Waals surface area contributed by atoms with Crippen molar-refractivity contribution in [1.82, 2.24) is 15.2 Å². The van der Waals surface area contributed by atoms with Gasteiger partial charge in [0.2, 0.25) is 11.8 Å². The van der Waals surface area contributed by atoms with Gasteiger partial charge >= 0.3 is 0 Å². The smallest absolute Gasteiger partial charge is 0.238 e. The summed E-state index contributed by atoms with van der Waals surface area (Å²) in [6, 6.07) is 19.7. The molecular weight excluding hydrogens is 502 g/mol. The number of nitrogens with one attached hydrogen (secondary N) is 3. The van der Waals surface area contributed by atoms with Crippen LogP contribution >= 0.6 is 0 Å². The molecule has 1 aliphatic carbocycles. The lowest BCUT2D eigenvalue weighted by Gasteiger charge is -2.33. The number of aldehydes is 1. The summed E-state index contributed by atoms with van der Waals surface area (Å²) >= 11 is 0. The first-order chi connectivity index (χ1) is 19.3. The second-order valence-electron chi connectivity index (χ2n) is 11.0. The van der Waals surface area contributed by atoms with Crippen molar-refractivity contribution >= 4 is 29.6 Å². The standard InChI is InChI=1S/C32H37N5O3/c1-4-31(5-2,21-38)34-19-27(22-10-7-6-8-11-22)37(3)20-28(39)35-25-14-13-23-17-32(18-24(23)16-25)26-12-9-15-33-29(26)36-30(32)40/h6-16,21,27,34H,4-5,17-20H2,1-3H3,(H,35,39)(H,33,36,40). The second-order valence-corrected chi connectivity index (χ2v) is 11.0. The Balaban J connectivity index is 1.27. The zero-order chi connectivity index (χ0) is 28.3. The van der Waals surface area contributed by atoms with E-state index in [0.717, 1.165) is 28.5 Å². The number of carbonyl (C=O) groups is 3. The zero-order valence-corrected chi connectivity index (χ0v) is 23.4. The van der Waals surface area contributed by atoms with E-state index in [0.29, 0.717) is 43.7 Å². The van der Waals surface area contributed by atoms with Gasteiger partial charge in [-0.1, -0.05) is 56.3 Å². The SMILES string of the molecule is CCC(C=O)(CC)NCC(c1ccccc1)N(C)CC(=O)Nc1ccc2c(c1)CC1(C2)C(=O)Nc2ncccc21. The molecule has 2 heterocycles. The molecule has 3 aromatic rings. The number of likely N-dealkylation sites (N-methyl/N-ethyl adjacent to an activating group) is 1. The van der Waals surface area contributed by atoms with Crippen molar-refractivity contribution in [1.29, 1.82) is 0 Å². The van der Waals surface area contributed by atoms with E-state index in [9.17, 15) is 14.4 Å². The van der Waals surface area contributed by atoms with Crippen LogP contribution in [-0.4, -0.2) is 53.7 Å². The van der Waals surface area contributed by atoms with Gasteiger partial charge in [0.15, 0.2) is 0 Å². The Morgan fingerprint density at radius 1 is 1.10 bits per heavy atom. The van der Waals surface area contributed by atoms with Crippen LogP contribution in [0.3, 0.4) is 0 Å². The summed E-state index contributed by atoms with van der Waals surface area (Å²) in [5.74, 6) is 0.495. The summed E-state index contributed by atoms with van der Waals surface area (Å²) in [5.41, 5.74) is 3.68. The van der Waals surface area contributed by atoms with E-state index in [-0.39, 0.29) is 24.4 Å². The van der Waals surface area contributed by atoms with Crippen LogP contribution in [0.25, 0.3) is 0 Å². The van der Waals surface area contributed by atoms with Crippen LogP contribution in [0.2, 0.25) is 0 Å². The highest BCUT2D eigenvalue weighted by Crippen LogP contribution is 2.46. The van der Waals surface area contributed by atoms with Crippen LogP contribution in [0.15, 0.2) is 66.9 Å². The fourth-order valence-corrected chi connectivity index (χ4v) is 6.09. The number of hydrogen-bond acceptors (Lipinski definition) is 6. The van der Waals surface area contributed by atoms with E-state index in [4.69, 9.17) is 0 Å². The van der Waals surface area contributed by atoms with Crippen LogP contribution in [0.1, 0.15) is 55.0 Å². The van der Waals surface area contributed by atoms with Crippen LogP contribution in [-0.2, 0) is 32.6 Å². The van der Waals surface area contributed by atoms with Crippen LogP contribution in [0.5, 0.6) is 0 Å². The number of anilines is 2. The highest BCUT2D eigenvalue weighted by Gasteiger charge is 2.51. The van der Waals surface area contributed by atoms with E-state index in [1.54, 1.807) is 6.20 Å². The summed E-state index contributed by atoms with van der Waals surface area (Å²) in [7, 11) is 1.93. The molecule has 2 aromatic carbocycles. The first-order valence-electron chi connectivity index (χ1n) is 14.0. The molecule has 2 amide bonds. The van der Waals surface area contributed by atoms with E-state index in [1.165, 1.54) is 0 Å². The van der Waals surface area contributed by atoms with Crippen LogP contribution < -0.4 is 16.0 Å². The van der Waals surface area contributed by atoms with Crippen molar-refractivity contribution in [2.75, 3.05) is 30.8 Å². The molecule has 8 heteroatoms. The fourth-order valence-electron chi connectivity index (χ4n) is 6.09. The third kappa shape index (κ3) is 5.17. The Bertz CT molecular complexity index is 1400. The number of amides is 2. The first-order valence-corrected chi connectivity index (χ1v) is 14.0. The molecule has 40 heavy (non-hydrogen) atoms. The van der Waals surface area contributed by atoms with Crippen molar-refractivity contribution in [3.05, 3.63) is 89.1 Å². The molecule has 2 aliphatic rings. The molecule has 5 rings (SSSR count). The number of benzene rings is 2. The Morgan fingerprint density at radius 2 is 1.85 bits per heavy atom. The number of hydrogen-bond donors (Lipinski definition) is 3. The summed E-state index contributed by atoms with van der Waals surface area (Å²) in [4.78, 5) is 44.4. The van der Waals surface area contributed by atoms with Crippen molar-refractivity contribution in [3.63, 3.8) is 0 Å². The third-order valence-electron chi connectivity index (χ3n) is 8.71. The van der Waals surface area contributed by atoms with E-state index in [1.807, 2.05) is 86.5 Å². The topological polar surface area (TPSA) is 103 Å². The molecule has 1 aromatic heterocycles. The largest absolute Gasteiger partial charge is 0.325 e. The van der Waals surface area contributed by atoms with Gasteiger partial charge in [-0.05, 0) is 67.6 Å². The summed E-state index contributed by atoms with van der Waals surface area (Å²) in [5, 5.41) is 9.46. The maximum Gasteiger partial charge on any atom is 0.238 e. The Hall–Kier alpha value is -3.88. The van der Waals surface area contributed by atoms with Crippen LogP contribution in [0, 0.1) is 0 Å². The highest BCUT2D eigenvalue weighted by molar-refractivity contribution is 6.06. The van der Waals surface area contributed by atoms with Gasteiger partial charge in [0.05, 0.1) is 17.5 Å². The molecule has 3 N–H and O–H groups in total. The number of pyridine rings is 1. The lowest BCUT2D eigenvalue weighted by Crippen LogP contribution is -2.49. The van der Waals surface area contributed by atoms with E-state index in [2.05, 4.69) is 20.9 Å². The predicted octanol–water partition coefficient (Wildman–Crippen LogP) is 4.03. The van der Waals surface area contributed by atoms with Gasteiger partial charge in [-0.15, -0.1) is 0 Å².